The zero-order chi connectivity index (χ0) is 29.0. The van der Waals surface area contributed by atoms with E-state index in [0.29, 0.717) is 25.0 Å². The lowest BCUT2D eigenvalue weighted by Crippen LogP contribution is -2.60. The van der Waals surface area contributed by atoms with E-state index in [-0.39, 0.29) is 24.2 Å². The predicted octanol–water partition coefficient (Wildman–Crippen LogP) is 5.12. The Labute approximate surface area is 238 Å². The Morgan fingerprint density at radius 3 is 2.66 bits per heavy atom. The quantitative estimate of drug-likeness (QED) is 0.402. The molecule has 2 bridgehead atoms. The van der Waals surface area contributed by atoms with Gasteiger partial charge in [0.05, 0.1) is 6.26 Å². The molecule has 41 heavy (non-hydrogen) atoms. The van der Waals surface area contributed by atoms with E-state index >= 15 is 0 Å². The van der Waals surface area contributed by atoms with Crippen molar-refractivity contribution in [2.24, 2.45) is 0 Å². The number of nitrogens with one attached hydrogen (secondary N) is 2. The van der Waals surface area contributed by atoms with Crippen LogP contribution in [0.25, 0.3) is 0 Å². The van der Waals surface area contributed by atoms with Crippen molar-refractivity contribution in [1.82, 2.24) is 19.8 Å². The number of carbonyl (C=O) groups excluding carboxylic acids is 1. The van der Waals surface area contributed by atoms with Crippen molar-refractivity contribution in [2.75, 3.05) is 48.8 Å². The number of likely N-dealkylation sites (N-methyl/N-ethyl adjacent to an activating group) is 1. The number of likely N-dealkylation sites (tertiary alicyclic amines) is 1. The average Bonchev–Trinajstić information content (AvgIpc) is 3.14. The average molecular weight is 572 g/mol. The van der Waals surface area contributed by atoms with Gasteiger partial charge < -0.3 is 30.1 Å². The Bertz CT molecular complexity index is 1290. The summed E-state index contributed by atoms with van der Waals surface area (Å²) in [7, 11) is 2.18. The van der Waals surface area contributed by atoms with Crippen LogP contribution < -0.4 is 15.5 Å². The molecule has 0 spiro atoms. The van der Waals surface area contributed by atoms with Crippen LogP contribution in [0.3, 0.4) is 0 Å². The summed E-state index contributed by atoms with van der Waals surface area (Å²) in [4.78, 5) is 26.6. The summed E-state index contributed by atoms with van der Waals surface area (Å²) in [5.41, 5.74) is 2.05. The monoisotopic (exact) mass is 571 g/mol. The van der Waals surface area contributed by atoms with E-state index in [1.54, 1.807) is 0 Å². The molecule has 2 fully saturated rings. The molecule has 0 aliphatic carbocycles. The number of ether oxygens (including phenoxy) is 1. The molecule has 2 saturated heterocycles. The molecule has 4 heterocycles. The van der Waals surface area contributed by atoms with Gasteiger partial charge in [-0.2, -0.15) is 18.2 Å². The van der Waals surface area contributed by atoms with Crippen LogP contribution in [0.1, 0.15) is 43.7 Å². The summed E-state index contributed by atoms with van der Waals surface area (Å²) in [5.74, 6) is -0.500. The van der Waals surface area contributed by atoms with E-state index in [2.05, 4.69) is 56.5 Å². The molecule has 1 amide bonds. The molecule has 9 nitrogen and oxygen atoms in total. The summed E-state index contributed by atoms with van der Waals surface area (Å²) in [6.07, 6.45) is 6.33. The highest BCUT2D eigenvalue weighted by Crippen LogP contribution is 2.37. The molecular weight excluding hydrogens is 535 g/mol. The summed E-state index contributed by atoms with van der Waals surface area (Å²) in [5, 5.41) is 5.93. The number of anilines is 4. The summed E-state index contributed by atoms with van der Waals surface area (Å²) in [6.45, 7) is 4.62. The van der Waals surface area contributed by atoms with Gasteiger partial charge in [-0.1, -0.05) is 6.92 Å². The number of aryl methyl sites for hydroxylation is 1. The number of carbonyl (C=O) groups is 1. The van der Waals surface area contributed by atoms with Crippen LogP contribution in [-0.4, -0.2) is 71.0 Å². The molecule has 3 aliphatic rings. The molecular formula is C29H36F3N7O2. The smallest absolute Gasteiger partial charge is 0.421 e. The number of hydrogen-bond acceptors (Lipinski definition) is 8. The van der Waals surface area contributed by atoms with Crippen LogP contribution in [0.2, 0.25) is 0 Å². The standard InChI is InChI=1S/C29H36F3N7O2/c1-3-20-16-21(39-22-6-4-7-23(39)19-37(2)18-22)8-9-25(20)35-28-34-17-24(29(30,31)32)27(36-28)33-11-5-12-38-13-15-41-14-10-26(38)40/h8-10,13-17,22-23H,3-7,11-12,18-19H2,1-2H3,(H2,33,34,35,36). The van der Waals surface area contributed by atoms with Crippen molar-refractivity contribution in [3.05, 3.63) is 60.3 Å². The van der Waals surface area contributed by atoms with Crippen LogP contribution in [-0.2, 0) is 22.1 Å². The van der Waals surface area contributed by atoms with Crippen molar-refractivity contribution >= 4 is 29.0 Å². The van der Waals surface area contributed by atoms with E-state index in [9.17, 15) is 18.0 Å². The second-order valence-electron chi connectivity index (χ2n) is 10.7. The van der Waals surface area contributed by atoms with Gasteiger partial charge in [0.25, 0.3) is 5.91 Å². The predicted molar refractivity (Wildman–Crippen MR) is 152 cm³/mol. The normalized spacial score (nSPS) is 21.0. The molecule has 2 N–H and O–H groups in total. The third-order valence-corrected chi connectivity index (χ3v) is 7.77. The highest BCUT2D eigenvalue weighted by atomic mass is 19.4. The Morgan fingerprint density at radius 1 is 1.15 bits per heavy atom. The van der Waals surface area contributed by atoms with Crippen LogP contribution >= 0.6 is 0 Å². The number of alkyl halides is 3. The topological polar surface area (TPSA) is 85.9 Å². The van der Waals surface area contributed by atoms with Crippen molar-refractivity contribution in [1.29, 1.82) is 0 Å². The number of piperazine rings is 1. The number of rotatable bonds is 9. The largest absolute Gasteiger partial charge is 0.471 e. The number of hydrogen-bond donors (Lipinski definition) is 2. The fourth-order valence-electron chi connectivity index (χ4n) is 5.86. The number of fused-ring (bicyclic) bond motifs is 2. The van der Waals surface area contributed by atoms with E-state index in [1.807, 2.05) is 6.07 Å². The van der Waals surface area contributed by atoms with Gasteiger partial charge in [-0.3, -0.25) is 4.79 Å². The molecule has 0 radical (unpaired) electrons. The van der Waals surface area contributed by atoms with E-state index in [4.69, 9.17) is 4.74 Å². The summed E-state index contributed by atoms with van der Waals surface area (Å²) in [6, 6.07) is 7.21. The highest BCUT2D eigenvalue weighted by molar-refractivity contribution is 5.88. The Balaban J connectivity index is 1.30. The van der Waals surface area contributed by atoms with Gasteiger partial charge in [-0.15, -0.1) is 0 Å². The minimum atomic E-state index is -4.62. The Kier molecular flexibility index (Phi) is 8.67. The van der Waals surface area contributed by atoms with Crippen LogP contribution in [0.5, 0.6) is 0 Å². The maximum Gasteiger partial charge on any atom is 0.421 e. The first-order valence-electron chi connectivity index (χ1n) is 14.1. The van der Waals surface area contributed by atoms with Crippen molar-refractivity contribution < 1.29 is 22.7 Å². The van der Waals surface area contributed by atoms with Gasteiger partial charge in [0.1, 0.15) is 17.6 Å². The fourth-order valence-corrected chi connectivity index (χ4v) is 5.86. The third kappa shape index (κ3) is 6.75. The maximum atomic E-state index is 13.7. The lowest BCUT2D eigenvalue weighted by atomic mass is 9.90. The van der Waals surface area contributed by atoms with Gasteiger partial charge in [0.15, 0.2) is 0 Å². The van der Waals surface area contributed by atoms with Gasteiger partial charge >= 0.3 is 6.18 Å². The molecule has 5 rings (SSSR count). The molecule has 3 aliphatic heterocycles. The maximum absolute atomic E-state index is 13.7. The Hall–Kier alpha value is -3.80. The fraction of sp³-hybridized carbons (Fsp3) is 0.483. The number of halogens is 3. The minimum absolute atomic E-state index is 0.0762. The second kappa shape index (κ2) is 12.4. The minimum Gasteiger partial charge on any atom is -0.471 e. The molecule has 2 aromatic rings. The zero-order valence-electron chi connectivity index (χ0n) is 23.3. The van der Waals surface area contributed by atoms with Gasteiger partial charge in [0, 0.05) is 68.1 Å². The lowest BCUT2D eigenvalue weighted by molar-refractivity contribution is -0.137. The Morgan fingerprint density at radius 2 is 1.93 bits per heavy atom. The molecule has 2 atom stereocenters. The van der Waals surface area contributed by atoms with Crippen molar-refractivity contribution in [2.45, 2.75) is 57.3 Å². The van der Waals surface area contributed by atoms with Crippen molar-refractivity contribution in [3.8, 4) is 0 Å². The van der Waals surface area contributed by atoms with E-state index in [1.165, 1.54) is 54.6 Å². The highest BCUT2D eigenvalue weighted by Gasteiger charge is 2.37. The van der Waals surface area contributed by atoms with Crippen LogP contribution in [0.15, 0.2) is 49.2 Å². The van der Waals surface area contributed by atoms with Gasteiger partial charge in [-0.05, 0) is 62.9 Å². The molecule has 1 aromatic carbocycles. The first-order valence-corrected chi connectivity index (χ1v) is 14.1. The number of nitrogens with zero attached hydrogens (tertiary/aromatic N) is 5. The third-order valence-electron chi connectivity index (χ3n) is 7.77. The van der Waals surface area contributed by atoms with Crippen molar-refractivity contribution in [3.63, 3.8) is 0 Å². The molecule has 1 aromatic heterocycles. The first-order chi connectivity index (χ1) is 19.7. The van der Waals surface area contributed by atoms with Gasteiger partial charge in [-0.25, -0.2) is 4.98 Å². The lowest BCUT2D eigenvalue weighted by Gasteiger charge is -2.50. The number of amides is 1. The molecule has 12 heteroatoms. The molecule has 0 saturated carbocycles. The van der Waals surface area contributed by atoms with Crippen LogP contribution in [0, 0.1) is 0 Å². The summed E-state index contributed by atoms with van der Waals surface area (Å²) >= 11 is 0. The van der Waals surface area contributed by atoms with E-state index < -0.39 is 11.7 Å². The number of benzene rings is 1. The molecule has 220 valence electrons. The SMILES string of the molecule is CCc1cc(N2C3CCCC2CN(C)C3)ccc1Nc1ncc(C(F)(F)F)c(NCCCN2C=COC=CC2=O)n1. The van der Waals surface area contributed by atoms with Crippen LogP contribution in [0.4, 0.5) is 36.3 Å². The first kappa shape index (κ1) is 28.7. The van der Waals surface area contributed by atoms with E-state index in [0.717, 1.165) is 37.0 Å². The zero-order valence-corrected chi connectivity index (χ0v) is 23.3. The molecule has 2 unspecified atom stereocenters. The van der Waals surface area contributed by atoms with Gasteiger partial charge in [0.2, 0.25) is 5.95 Å². The number of piperidine rings is 1. The summed E-state index contributed by atoms with van der Waals surface area (Å²) < 4.78 is 46.2. The second-order valence-corrected chi connectivity index (χ2v) is 10.7. The number of aromatic nitrogens is 2.